The van der Waals surface area contributed by atoms with Crippen LogP contribution in [0.15, 0.2) is 0 Å². The van der Waals surface area contributed by atoms with Crippen LogP contribution in [-0.4, -0.2) is 55.1 Å². The number of likely N-dealkylation sites (tertiary alicyclic amines) is 2. The molecule has 0 aromatic rings. The summed E-state index contributed by atoms with van der Waals surface area (Å²) in [5.74, 6) is 0.966. The van der Waals surface area contributed by atoms with Crippen LogP contribution in [0.5, 0.6) is 0 Å². The average Bonchev–Trinajstić information content (AvgIpc) is 2.84. The number of nitrogens with two attached hydrogens (primary N) is 1. The molecule has 1 atom stereocenters. The molecule has 0 aliphatic carbocycles. The lowest BCUT2D eigenvalue weighted by atomic mass is 9.96. The van der Waals surface area contributed by atoms with Crippen molar-refractivity contribution in [3.63, 3.8) is 0 Å². The molecule has 106 valence electrons. The molecule has 0 aromatic carbocycles. The largest absolute Gasteiger partial charge is 0.328 e. The third kappa shape index (κ3) is 4.87. The third-order valence-electron chi connectivity index (χ3n) is 4.56. The molecule has 2 aliphatic heterocycles. The van der Waals surface area contributed by atoms with E-state index in [1.165, 1.54) is 77.8 Å². The van der Waals surface area contributed by atoms with Crippen LogP contribution < -0.4 is 5.73 Å². The van der Waals surface area contributed by atoms with Crippen LogP contribution in [0, 0.1) is 5.92 Å². The van der Waals surface area contributed by atoms with E-state index in [0.29, 0.717) is 6.04 Å². The molecule has 2 fully saturated rings. The maximum absolute atomic E-state index is 5.80. The predicted octanol–water partition coefficient (Wildman–Crippen LogP) is 1.92. The van der Waals surface area contributed by atoms with Crippen LogP contribution >= 0.6 is 0 Å². The monoisotopic (exact) mass is 253 g/mol. The maximum Gasteiger partial charge on any atom is 0.00109 e. The van der Waals surface area contributed by atoms with Crippen molar-refractivity contribution in [1.29, 1.82) is 0 Å². The molecule has 2 aliphatic rings. The third-order valence-corrected chi connectivity index (χ3v) is 4.56. The number of nitrogens with zero attached hydrogens (tertiary/aromatic N) is 2. The van der Waals surface area contributed by atoms with Crippen LogP contribution in [0.25, 0.3) is 0 Å². The van der Waals surface area contributed by atoms with Crippen LogP contribution in [-0.2, 0) is 0 Å². The van der Waals surface area contributed by atoms with Crippen molar-refractivity contribution in [3.05, 3.63) is 0 Å². The highest BCUT2D eigenvalue weighted by atomic mass is 15.2. The first-order valence-electron chi connectivity index (χ1n) is 7.94. The first-order valence-corrected chi connectivity index (χ1v) is 7.94. The van der Waals surface area contributed by atoms with E-state index in [0.717, 1.165) is 5.92 Å². The second kappa shape index (κ2) is 7.46. The lowest BCUT2D eigenvalue weighted by Gasteiger charge is -2.34. The first kappa shape index (κ1) is 14.3. The lowest BCUT2D eigenvalue weighted by molar-refractivity contribution is 0.152. The van der Waals surface area contributed by atoms with Crippen molar-refractivity contribution in [2.45, 2.75) is 51.5 Å². The fourth-order valence-corrected chi connectivity index (χ4v) is 3.36. The van der Waals surface area contributed by atoms with E-state index in [1.54, 1.807) is 0 Å². The average molecular weight is 253 g/mol. The Morgan fingerprint density at radius 1 is 1.06 bits per heavy atom. The standard InChI is InChI=1S/C15H31N3/c1-14(16)5-4-10-17-11-6-15(7-12-17)13-18-8-2-3-9-18/h14-15H,2-13,16H2,1H3. The predicted molar refractivity (Wildman–Crippen MR) is 77.7 cm³/mol. The smallest absolute Gasteiger partial charge is 0.00109 e. The minimum Gasteiger partial charge on any atom is -0.328 e. The summed E-state index contributed by atoms with van der Waals surface area (Å²) < 4.78 is 0. The second-order valence-electron chi connectivity index (χ2n) is 6.41. The fourth-order valence-electron chi connectivity index (χ4n) is 3.36. The molecular formula is C15H31N3. The molecule has 3 nitrogen and oxygen atoms in total. The molecule has 18 heavy (non-hydrogen) atoms. The Morgan fingerprint density at radius 3 is 2.33 bits per heavy atom. The van der Waals surface area contributed by atoms with Crippen LogP contribution in [0.2, 0.25) is 0 Å². The highest BCUT2D eigenvalue weighted by Gasteiger charge is 2.22. The molecule has 0 aromatic heterocycles. The minimum absolute atomic E-state index is 0.373. The van der Waals surface area contributed by atoms with E-state index in [9.17, 15) is 0 Å². The van der Waals surface area contributed by atoms with E-state index < -0.39 is 0 Å². The molecule has 0 radical (unpaired) electrons. The van der Waals surface area contributed by atoms with E-state index in [4.69, 9.17) is 5.73 Å². The molecular weight excluding hydrogens is 222 g/mol. The molecule has 0 bridgehead atoms. The van der Waals surface area contributed by atoms with E-state index in [-0.39, 0.29) is 0 Å². The summed E-state index contributed by atoms with van der Waals surface area (Å²) in [5.41, 5.74) is 5.80. The van der Waals surface area contributed by atoms with Crippen molar-refractivity contribution < 1.29 is 0 Å². The summed E-state index contributed by atoms with van der Waals surface area (Å²) in [5, 5.41) is 0. The molecule has 0 saturated carbocycles. The van der Waals surface area contributed by atoms with Gasteiger partial charge in [-0.3, -0.25) is 0 Å². The SMILES string of the molecule is CC(N)CCCN1CCC(CN2CCCC2)CC1. The Hall–Kier alpha value is -0.120. The zero-order valence-electron chi connectivity index (χ0n) is 12.1. The normalized spacial score (nSPS) is 25.7. The highest BCUT2D eigenvalue weighted by molar-refractivity contribution is 4.77. The van der Waals surface area contributed by atoms with Gasteiger partial charge in [-0.1, -0.05) is 0 Å². The van der Waals surface area contributed by atoms with Crippen LogP contribution in [0.3, 0.4) is 0 Å². The fraction of sp³-hybridized carbons (Fsp3) is 1.00. The van der Waals surface area contributed by atoms with Gasteiger partial charge in [0.15, 0.2) is 0 Å². The molecule has 2 rings (SSSR count). The van der Waals surface area contributed by atoms with Gasteiger partial charge in [0.05, 0.1) is 0 Å². The van der Waals surface area contributed by atoms with Crippen molar-refractivity contribution in [3.8, 4) is 0 Å². The van der Waals surface area contributed by atoms with Gasteiger partial charge in [-0.15, -0.1) is 0 Å². The summed E-state index contributed by atoms with van der Waals surface area (Å²) in [4.78, 5) is 5.32. The zero-order valence-corrected chi connectivity index (χ0v) is 12.1. The Kier molecular flexibility index (Phi) is 5.93. The van der Waals surface area contributed by atoms with Gasteiger partial charge < -0.3 is 15.5 Å². The van der Waals surface area contributed by atoms with Crippen molar-refractivity contribution in [2.24, 2.45) is 11.7 Å². The van der Waals surface area contributed by atoms with Crippen molar-refractivity contribution >= 4 is 0 Å². The molecule has 0 spiro atoms. The summed E-state index contributed by atoms with van der Waals surface area (Å²) in [6.07, 6.45) is 8.12. The van der Waals surface area contributed by atoms with Gasteiger partial charge in [-0.2, -0.15) is 0 Å². The number of hydrogen-bond acceptors (Lipinski definition) is 3. The second-order valence-corrected chi connectivity index (χ2v) is 6.41. The van der Waals surface area contributed by atoms with E-state index in [2.05, 4.69) is 16.7 Å². The quantitative estimate of drug-likeness (QED) is 0.785. The van der Waals surface area contributed by atoms with Gasteiger partial charge in [0.1, 0.15) is 0 Å². The summed E-state index contributed by atoms with van der Waals surface area (Å²) in [6, 6.07) is 0.373. The first-order chi connectivity index (χ1) is 8.74. The number of rotatable bonds is 6. The number of hydrogen-bond donors (Lipinski definition) is 1. The Bertz CT molecular complexity index is 216. The Morgan fingerprint density at radius 2 is 1.72 bits per heavy atom. The minimum atomic E-state index is 0.373. The maximum atomic E-state index is 5.80. The van der Waals surface area contributed by atoms with Gasteiger partial charge in [0.2, 0.25) is 0 Å². The summed E-state index contributed by atoms with van der Waals surface area (Å²) in [6.45, 7) is 10.1. The number of piperidine rings is 1. The molecule has 0 amide bonds. The van der Waals surface area contributed by atoms with Gasteiger partial charge in [-0.25, -0.2) is 0 Å². The molecule has 1 unspecified atom stereocenters. The summed E-state index contributed by atoms with van der Waals surface area (Å²) >= 11 is 0. The van der Waals surface area contributed by atoms with Crippen molar-refractivity contribution in [1.82, 2.24) is 9.80 Å². The lowest BCUT2D eigenvalue weighted by Crippen LogP contribution is -2.38. The molecule has 2 saturated heterocycles. The topological polar surface area (TPSA) is 32.5 Å². The molecule has 2 heterocycles. The Balaban J connectivity index is 1.56. The molecule has 2 N–H and O–H groups in total. The van der Waals surface area contributed by atoms with Crippen LogP contribution in [0.1, 0.15) is 45.4 Å². The zero-order chi connectivity index (χ0) is 12.8. The Labute approximate surface area is 113 Å². The van der Waals surface area contributed by atoms with Crippen molar-refractivity contribution in [2.75, 3.05) is 39.3 Å². The van der Waals surface area contributed by atoms with E-state index in [1.807, 2.05) is 0 Å². The van der Waals surface area contributed by atoms with Gasteiger partial charge >= 0.3 is 0 Å². The highest BCUT2D eigenvalue weighted by Crippen LogP contribution is 2.20. The van der Waals surface area contributed by atoms with Gasteiger partial charge in [-0.05, 0) is 84.1 Å². The van der Waals surface area contributed by atoms with Gasteiger partial charge in [0, 0.05) is 12.6 Å². The van der Waals surface area contributed by atoms with Crippen LogP contribution in [0.4, 0.5) is 0 Å². The van der Waals surface area contributed by atoms with E-state index >= 15 is 0 Å². The summed E-state index contributed by atoms with van der Waals surface area (Å²) in [7, 11) is 0. The van der Waals surface area contributed by atoms with Gasteiger partial charge in [0.25, 0.3) is 0 Å². The molecule has 3 heteroatoms.